The van der Waals surface area contributed by atoms with Crippen molar-refractivity contribution in [3.05, 3.63) is 93.1 Å². The van der Waals surface area contributed by atoms with Gasteiger partial charge >= 0.3 is 0 Å². The molecule has 0 saturated carbocycles. The van der Waals surface area contributed by atoms with E-state index in [4.69, 9.17) is 9.47 Å². The number of rotatable bonds is 5. The van der Waals surface area contributed by atoms with Gasteiger partial charge in [0.1, 0.15) is 0 Å². The molecule has 0 unspecified atom stereocenters. The number of halogens is 1. The zero-order valence-electron chi connectivity index (χ0n) is 18.1. The number of para-hydroxylation sites is 1. The number of hydrogen-bond acceptors (Lipinski definition) is 4. The molecule has 5 rings (SSSR count). The molecule has 0 spiro atoms. The Morgan fingerprint density at radius 2 is 1.84 bits per heavy atom. The molecule has 0 fully saturated rings. The third-order valence-corrected chi connectivity index (χ3v) is 7.14. The van der Waals surface area contributed by atoms with Crippen LogP contribution in [0.4, 0.5) is 11.4 Å². The third-order valence-electron chi connectivity index (χ3n) is 6.34. The molecule has 0 bridgehead atoms. The van der Waals surface area contributed by atoms with Crippen LogP contribution in [-0.4, -0.2) is 20.4 Å². The molecule has 162 valence electrons. The maximum Gasteiger partial charge on any atom is 0.174 e. The third kappa shape index (κ3) is 3.90. The Labute approximate surface area is 202 Å². The lowest BCUT2D eigenvalue weighted by Crippen LogP contribution is -2.28. The first-order chi connectivity index (χ1) is 15.7. The van der Waals surface area contributed by atoms with Gasteiger partial charge in [-0.3, -0.25) is 4.99 Å². The topological polar surface area (TPSA) is 42.8 Å². The van der Waals surface area contributed by atoms with Crippen LogP contribution in [0.1, 0.15) is 35.1 Å². The molecule has 0 radical (unpaired) electrons. The van der Waals surface area contributed by atoms with E-state index in [1.54, 1.807) is 14.2 Å². The maximum atomic E-state index is 5.45. The van der Waals surface area contributed by atoms with Crippen molar-refractivity contribution >= 4 is 40.2 Å². The van der Waals surface area contributed by atoms with Crippen molar-refractivity contribution in [1.29, 1.82) is 0 Å². The van der Waals surface area contributed by atoms with Gasteiger partial charge < -0.3 is 14.8 Å². The number of nitrogens with one attached hydrogen (secondary N) is 1. The highest BCUT2D eigenvalue weighted by molar-refractivity contribution is 14.1. The average molecular weight is 536 g/mol. The summed E-state index contributed by atoms with van der Waals surface area (Å²) in [6.07, 6.45) is 7.68. The van der Waals surface area contributed by atoms with Crippen molar-refractivity contribution in [2.24, 2.45) is 10.9 Å². The monoisotopic (exact) mass is 536 g/mol. The van der Waals surface area contributed by atoms with E-state index in [0.29, 0.717) is 23.6 Å². The van der Waals surface area contributed by atoms with Crippen LogP contribution in [0.5, 0.6) is 11.5 Å². The normalized spacial score (nSPS) is 21.2. The fraction of sp³-hybridized carbons (Fsp3) is 0.222. The number of anilines is 1. The second-order valence-corrected chi connectivity index (χ2v) is 9.31. The highest BCUT2D eigenvalue weighted by Gasteiger charge is 2.37. The predicted octanol–water partition coefficient (Wildman–Crippen LogP) is 6.89. The highest BCUT2D eigenvalue weighted by atomic mass is 127. The minimum atomic E-state index is 0.301. The van der Waals surface area contributed by atoms with E-state index in [9.17, 15) is 0 Å². The maximum absolute atomic E-state index is 5.45. The zero-order chi connectivity index (χ0) is 22.1. The minimum Gasteiger partial charge on any atom is -0.493 e. The summed E-state index contributed by atoms with van der Waals surface area (Å²) in [4.78, 5) is 4.68. The molecular formula is C27H25IN2O2. The first kappa shape index (κ1) is 21.1. The van der Waals surface area contributed by atoms with Crippen LogP contribution >= 0.6 is 22.6 Å². The number of aliphatic imine (C=N–C) groups is 1. The molecule has 4 nitrogen and oxygen atoms in total. The van der Waals surface area contributed by atoms with E-state index in [0.717, 1.165) is 27.0 Å². The SMILES string of the molecule is COc1cc(C=Nc2ccc([C@@H]3Nc4ccccc4[C@H]4C=CC[C@H]43)cc2)cc(I)c1OC. The standard InChI is InChI=1S/C27H25IN2O2/c1-31-25-15-17(14-23(28)27(25)32-2)16-29-19-12-10-18(11-13-19)26-22-8-5-7-20(22)21-6-3-4-9-24(21)30-26/h3-7,9-16,20,22,26,30H,8H2,1-2H3/t20-,22-,26+/m1/s1. The van der Waals surface area contributed by atoms with Gasteiger partial charge in [-0.05, 0) is 82.0 Å². The second-order valence-electron chi connectivity index (χ2n) is 8.15. The van der Waals surface area contributed by atoms with Gasteiger partial charge in [0, 0.05) is 17.8 Å². The van der Waals surface area contributed by atoms with E-state index < -0.39 is 0 Å². The summed E-state index contributed by atoms with van der Waals surface area (Å²) < 4.78 is 11.9. The number of fused-ring (bicyclic) bond motifs is 3. The molecular weight excluding hydrogens is 511 g/mol. The Hall–Kier alpha value is -2.80. The van der Waals surface area contributed by atoms with Gasteiger partial charge in [-0.15, -0.1) is 0 Å². The lowest BCUT2D eigenvalue weighted by atomic mass is 9.77. The van der Waals surface area contributed by atoms with Gasteiger partial charge in [-0.1, -0.05) is 42.5 Å². The molecule has 1 N–H and O–H groups in total. The van der Waals surface area contributed by atoms with Gasteiger partial charge in [0.25, 0.3) is 0 Å². The molecule has 1 aliphatic carbocycles. The molecule has 3 atom stereocenters. The quantitative estimate of drug-likeness (QED) is 0.220. The molecule has 0 saturated heterocycles. The second kappa shape index (κ2) is 8.98. The van der Waals surface area contributed by atoms with Gasteiger partial charge in [0.15, 0.2) is 11.5 Å². The Morgan fingerprint density at radius 1 is 1.03 bits per heavy atom. The molecule has 5 heteroatoms. The van der Waals surface area contributed by atoms with Crippen molar-refractivity contribution in [2.75, 3.05) is 19.5 Å². The predicted molar refractivity (Wildman–Crippen MR) is 139 cm³/mol. The molecule has 32 heavy (non-hydrogen) atoms. The van der Waals surface area contributed by atoms with E-state index in [1.165, 1.54) is 16.8 Å². The first-order valence-electron chi connectivity index (χ1n) is 10.8. The van der Waals surface area contributed by atoms with Gasteiger partial charge in [-0.25, -0.2) is 0 Å². The molecule has 1 heterocycles. The van der Waals surface area contributed by atoms with Crippen molar-refractivity contribution in [1.82, 2.24) is 0 Å². The Kier molecular flexibility index (Phi) is 5.91. The fourth-order valence-electron chi connectivity index (χ4n) is 4.80. The summed E-state index contributed by atoms with van der Waals surface area (Å²) >= 11 is 2.25. The fourth-order valence-corrected chi connectivity index (χ4v) is 5.65. The average Bonchev–Trinajstić information content (AvgIpc) is 3.32. The van der Waals surface area contributed by atoms with Crippen LogP contribution < -0.4 is 14.8 Å². The number of benzene rings is 3. The van der Waals surface area contributed by atoms with E-state index >= 15 is 0 Å². The lowest BCUT2D eigenvalue weighted by molar-refractivity contribution is 0.353. The van der Waals surface area contributed by atoms with Crippen molar-refractivity contribution in [3.63, 3.8) is 0 Å². The summed E-state index contributed by atoms with van der Waals surface area (Å²) in [5.74, 6) is 2.49. The number of ether oxygens (including phenoxy) is 2. The Morgan fingerprint density at radius 3 is 2.62 bits per heavy atom. The van der Waals surface area contributed by atoms with Crippen LogP contribution in [-0.2, 0) is 0 Å². The van der Waals surface area contributed by atoms with Crippen LogP contribution in [0.15, 0.2) is 77.8 Å². The van der Waals surface area contributed by atoms with E-state index in [-0.39, 0.29) is 0 Å². The van der Waals surface area contributed by atoms with E-state index in [1.807, 2.05) is 18.3 Å². The molecule has 0 amide bonds. The Balaban J connectivity index is 1.37. The largest absolute Gasteiger partial charge is 0.493 e. The van der Waals surface area contributed by atoms with Crippen LogP contribution in [0, 0.1) is 9.49 Å². The number of hydrogen-bond donors (Lipinski definition) is 1. The van der Waals surface area contributed by atoms with Gasteiger partial charge in [0.2, 0.25) is 0 Å². The smallest absolute Gasteiger partial charge is 0.174 e. The van der Waals surface area contributed by atoms with Crippen LogP contribution in [0.25, 0.3) is 0 Å². The number of nitrogens with zero attached hydrogens (tertiary/aromatic N) is 1. The summed E-state index contributed by atoms with van der Waals surface area (Å²) in [7, 11) is 3.30. The summed E-state index contributed by atoms with van der Waals surface area (Å²) in [6.45, 7) is 0. The number of allylic oxidation sites excluding steroid dienone is 2. The lowest BCUT2D eigenvalue weighted by Gasteiger charge is -2.37. The summed E-state index contributed by atoms with van der Waals surface area (Å²) in [5.41, 5.74) is 5.86. The van der Waals surface area contributed by atoms with Crippen LogP contribution in [0.3, 0.4) is 0 Å². The first-order valence-corrected chi connectivity index (χ1v) is 11.8. The zero-order valence-corrected chi connectivity index (χ0v) is 20.2. The molecule has 2 aliphatic rings. The van der Waals surface area contributed by atoms with Crippen LogP contribution in [0.2, 0.25) is 0 Å². The van der Waals surface area contributed by atoms with Gasteiger partial charge in [-0.2, -0.15) is 0 Å². The Bertz CT molecular complexity index is 1190. The van der Waals surface area contributed by atoms with Crippen molar-refractivity contribution in [3.8, 4) is 11.5 Å². The molecule has 3 aromatic rings. The van der Waals surface area contributed by atoms with Gasteiger partial charge in [0.05, 0.1) is 29.5 Å². The molecule has 0 aromatic heterocycles. The number of methoxy groups -OCH3 is 2. The van der Waals surface area contributed by atoms with Crippen molar-refractivity contribution < 1.29 is 9.47 Å². The van der Waals surface area contributed by atoms with Crippen molar-refractivity contribution in [2.45, 2.75) is 18.4 Å². The summed E-state index contributed by atoms with van der Waals surface area (Å²) in [6, 6.07) is 21.5. The minimum absolute atomic E-state index is 0.301. The van der Waals surface area contributed by atoms with E-state index in [2.05, 4.69) is 93.6 Å². The highest BCUT2D eigenvalue weighted by Crippen LogP contribution is 2.49. The summed E-state index contributed by atoms with van der Waals surface area (Å²) in [5, 5.41) is 3.79. The molecule has 3 aromatic carbocycles. The molecule has 1 aliphatic heterocycles.